The number of primary amides is 2. The lowest BCUT2D eigenvalue weighted by Crippen LogP contribution is -2.36. The molecule has 0 aromatic rings. The van der Waals surface area contributed by atoms with Gasteiger partial charge < -0.3 is 21.7 Å². The van der Waals surface area contributed by atoms with Gasteiger partial charge in [0.25, 0.3) is 0 Å². The van der Waals surface area contributed by atoms with Crippen LogP contribution in [0, 0.1) is 5.41 Å². The van der Waals surface area contributed by atoms with Crippen molar-refractivity contribution in [3.8, 4) is 0 Å². The van der Waals surface area contributed by atoms with Crippen LogP contribution in [-0.4, -0.2) is 34.0 Å². The molecule has 1 rings (SSSR count). The Labute approximate surface area is 95.9 Å². The molecule has 0 radical (unpaired) electrons. The van der Waals surface area contributed by atoms with Gasteiger partial charge in [-0.2, -0.15) is 0 Å². The quantitative estimate of drug-likeness (QED) is 0.345. The third-order valence-electron chi connectivity index (χ3n) is 2.06. The summed E-state index contributed by atoms with van der Waals surface area (Å²) in [6, 6.07) is 0. The van der Waals surface area contributed by atoms with Crippen LogP contribution in [0.5, 0.6) is 0 Å². The lowest BCUT2D eigenvalue weighted by atomic mass is 10.1. The molecule has 0 atom stereocenters. The first kappa shape index (κ1) is 14.6. The molecule has 0 bridgehead atoms. The zero-order valence-electron chi connectivity index (χ0n) is 8.75. The van der Waals surface area contributed by atoms with E-state index < -0.39 is 29.2 Å². The van der Waals surface area contributed by atoms with Crippen molar-refractivity contribution in [2.75, 3.05) is 0 Å². The summed E-state index contributed by atoms with van der Waals surface area (Å²) in [4.78, 5) is 40.0. The molecule has 1 aliphatic carbocycles. The van der Waals surface area contributed by atoms with Crippen molar-refractivity contribution in [3.05, 3.63) is 12.2 Å². The van der Waals surface area contributed by atoms with Crippen LogP contribution in [-0.2, 0) is 19.2 Å². The highest BCUT2D eigenvalue weighted by Gasteiger charge is 2.54. The Bertz CT molecular complexity index is 351. The Morgan fingerprint density at radius 2 is 1.18 bits per heavy atom. The monoisotopic (exact) mass is 244 g/mol. The molecule has 8 nitrogen and oxygen atoms in total. The molecule has 0 unspecified atom stereocenters. The Morgan fingerprint density at radius 1 is 0.882 bits per heavy atom. The number of carboxylic acid groups (broad SMARTS) is 2. The van der Waals surface area contributed by atoms with Crippen LogP contribution in [0.15, 0.2) is 12.2 Å². The fourth-order valence-corrected chi connectivity index (χ4v) is 0.882. The van der Waals surface area contributed by atoms with Gasteiger partial charge in [-0.1, -0.05) is 0 Å². The topological polar surface area (TPSA) is 161 Å². The minimum absolute atomic E-state index is 0.525. The van der Waals surface area contributed by atoms with Crippen LogP contribution < -0.4 is 11.5 Å². The first-order valence-electron chi connectivity index (χ1n) is 4.46. The van der Waals surface area contributed by atoms with Gasteiger partial charge in [-0.05, 0) is 12.8 Å². The van der Waals surface area contributed by atoms with E-state index in [4.69, 9.17) is 21.7 Å². The van der Waals surface area contributed by atoms with Crippen molar-refractivity contribution in [2.45, 2.75) is 12.8 Å². The molecule has 8 heteroatoms. The molecule has 1 aliphatic rings. The number of nitrogens with two attached hydrogens (primary N) is 2. The largest absolute Gasteiger partial charge is 0.478 e. The summed E-state index contributed by atoms with van der Waals surface area (Å²) in [6.07, 6.45) is 2.17. The average molecular weight is 244 g/mol. The number of carbonyl (C=O) groups is 4. The first-order chi connectivity index (χ1) is 7.72. The van der Waals surface area contributed by atoms with E-state index in [0.29, 0.717) is 25.0 Å². The fourth-order valence-electron chi connectivity index (χ4n) is 0.882. The maximum Gasteiger partial charge on any atom is 0.328 e. The van der Waals surface area contributed by atoms with Gasteiger partial charge in [-0.15, -0.1) is 0 Å². The smallest absolute Gasteiger partial charge is 0.328 e. The first-order valence-corrected chi connectivity index (χ1v) is 4.46. The van der Waals surface area contributed by atoms with Crippen molar-refractivity contribution >= 4 is 23.8 Å². The van der Waals surface area contributed by atoms with Gasteiger partial charge in [0.15, 0.2) is 0 Å². The van der Waals surface area contributed by atoms with Crippen LogP contribution in [0.1, 0.15) is 12.8 Å². The van der Waals surface area contributed by atoms with Gasteiger partial charge in [-0.3, -0.25) is 9.59 Å². The molecule has 0 aromatic heterocycles. The lowest BCUT2D eigenvalue weighted by Gasteiger charge is -2.02. The minimum Gasteiger partial charge on any atom is -0.478 e. The highest BCUT2D eigenvalue weighted by Crippen LogP contribution is 2.44. The van der Waals surface area contributed by atoms with Crippen LogP contribution in [0.3, 0.4) is 0 Å². The van der Waals surface area contributed by atoms with Crippen molar-refractivity contribution in [2.24, 2.45) is 16.9 Å². The van der Waals surface area contributed by atoms with Gasteiger partial charge in [-0.25, -0.2) is 9.59 Å². The van der Waals surface area contributed by atoms with Crippen molar-refractivity contribution in [3.63, 3.8) is 0 Å². The summed E-state index contributed by atoms with van der Waals surface area (Å²) < 4.78 is 0. The zero-order valence-corrected chi connectivity index (χ0v) is 8.75. The van der Waals surface area contributed by atoms with E-state index >= 15 is 0 Å². The number of rotatable bonds is 4. The predicted octanol–water partition coefficient (Wildman–Crippen LogP) is -1.55. The van der Waals surface area contributed by atoms with E-state index in [0.717, 1.165) is 0 Å². The summed E-state index contributed by atoms with van der Waals surface area (Å²) >= 11 is 0. The number of aliphatic carboxylic acids is 2. The third-order valence-corrected chi connectivity index (χ3v) is 2.06. The number of hydrogen-bond donors (Lipinski definition) is 4. The van der Waals surface area contributed by atoms with Gasteiger partial charge in [0.1, 0.15) is 5.41 Å². The number of amides is 2. The molecule has 0 heterocycles. The summed E-state index contributed by atoms with van der Waals surface area (Å²) in [5.41, 5.74) is 8.82. The van der Waals surface area contributed by atoms with Crippen molar-refractivity contribution in [1.29, 1.82) is 0 Å². The van der Waals surface area contributed by atoms with E-state index in [2.05, 4.69) is 0 Å². The maximum atomic E-state index is 10.4. The molecule has 0 spiro atoms. The molecular weight excluding hydrogens is 232 g/mol. The normalized spacial score (nSPS) is 15.5. The second kappa shape index (κ2) is 5.64. The summed E-state index contributed by atoms with van der Waals surface area (Å²) in [5, 5.41) is 15.6. The molecule has 0 aliphatic heterocycles. The highest BCUT2D eigenvalue weighted by atomic mass is 16.4. The van der Waals surface area contributed by atoms with Crippen LogP contribution in [0.4, 0.5) is 0 Å². The minimum atomic E-state index is -1.26. The SMILES string of the molecule is NC(=O)C1(C(N)=O)CC1.O=C(O)/C=C/C(=O)O. The Hall–Kier alpha value is -2.38. The second-order valence-electron chi connectivity index (χ2n) is 3.32. The second-order valence-corrected chi connectivity index (χ2v) is 3.32. The standard InChI is InChI=1S/C5H8N2O2.C4H4O4/c6-3(8)5(1-2-5)4(7)9;5-3(6)1-2-4(7)8/h1-2H2,(H2,6,8)(H2,7,9);1-2H,(H,5,6)(H,7,8)/b;2-1+. The summed E-state index contributed by atoms with van der Waals surface area (Å²) in [7, 11) is 0. The Balaban J connectivity index is 0.000000304. The van der Waals surface area contributed by atoms with Gasteiger partial charge in [0.2, 0.25) is 11.8 Å². The maximum absolute atomic E-state index is 10.4. The van der Waals surface area contributed by atoms with E-state index in [-0.39, 0.29) is 0 Å². The highest BCUT2D eigenvalue weighted by molar-refractivity contribution is 6.06. The van der Waals surface area contributed by atoms with E-state index in [1.807, 2.05) is 0 Å². The predicted molar refractivity (Wildman–Crippen MR) is 54.5 cm³/mol. The van der Waals surface area contributed by atoms with Gasteiger partial charge in [0, 0.05) is 12.2 Å². The Kier molecular flexibility index (Phi) is 4.85. The number of hydrogen-bond acceptors (Lipinski definition) is 4. The summed E-state index contributed by atoms with van der Waals surface area (Å²) in [5.74, 6) is -3.69. The average Bonchev–Trinajstić information content (AvgIpc) is 2.95. The van der Waals surface area contributed by atoms with Crippen molar-refractivity contribution < 1.29 is 29.4 Å². The number of carboxylic acids is 2. The lowest BCUT2D eigenvalue weighted by molar-refractivity contribution is -0.134. The molecule has 0 saturated heterocycles. The molecule has 0 aromatic carbocycles. The van der Waals surface area contributed by atoms with Crippen LogP contribution in [0.2, 0.25) is 0 Å². The third kappa shape index (κ3) is 4.78. The van der Waals surface area contributed by atoms with Gasteiger partial charge in [0.05, 0.1) is 0 Å². The molecule has 2 amide bonds. The van der Waals surface area contributed by atoms with Crippen LogP contribution in [0.25, 0.3) is 0 Å². The van der Waals surface area contributed by atoms with E-state index in [1.165, 1.54) is 0 Å². The molecule has 17 heavy (non-hydrogen) atoms. The molecule has 1 fully saturated rings. The fraction of sp³-hybridized carbons (Fsp3) is 0.333. The molecule has 6 N–H and O–H groups in total. The van der Waals surface area contributed by atoms with Crippen LogP contribution >= 0.6 is 0 Å². The molecule has 94 valence electrons. The van der Waals surface area contributed by atoms with E-state index in [9.17, 15) is 19.2 Å². The Morgan fingerprint density at radius 3 is 1.24 bits per heavy atom. The van der Waals surface area contributed by atoms with E-state index in [1.54, 1.807) is 0 Å². The molecular formula is C9H12N2O6. The summed E-state index contributed by atoms with van der Waals surface area (Å²) in [6.45, 7) is 0. The molecule has 1 saturated carbocycles. The number of carbonyl (C=O) groups excluding carboxylic acids is 2. The zero-order chi connectivity index (χ0) is 13.6. The van der Waals surface area contributed by atoms with Gasteiger partial charge >= 0.3 is 11.9 Å². The van der Waals surface area contributed by atoms with Crippen molar-refractivity contribution in [1.82, 2.24) is 0 Å².